The van der Waals surface area contributed by atoms with Crippen molar-refractivity contribution in [3.05, 3.63) is 34.9 Å². The Hall–Kier alpha value is -0.900. The first kappa shape index (κ1) is 14.5. The summed E-state index contributed by atoms with van der Waals surface area (Å²) in [5.74, 6) is 0.144. The fraction of sp³-hybridized carbons (Fsp3) is 0.533. The summed E-state index contributed by atoms with van der Waals surface area (Å²) in [6.07, 6.45) is 1.99. The lowest BCUT2D eigenvalue weighted by Crippen LogP contribution is -2.45. The minimum Gasteiger partial charge on any atom is -0.381 e. The SMILES string of the molecule is CC(C(=O)c1ccc(Cl)cc1)N(C)C1CCOCC1. The van der Waals surface area contributed by atoms with Gasteiger partial charge in [0.2, 0.25) is 0 Å². The molecule has 0 aromatic heterocycles. The topological polar surface area (TPSA) is 29.5 Å². The van der Waals surface area contributed by atoms with E-state index in [1.54, 1.807) is 24.3 Å². The van der Waals surface area contributed by atoms with Crippen LogP contribution in [0, 0.1) is 0 Å². The smallest absolute Gasteiger partial charge is 0.179 e. The Morgan fingerprint density at radius 1 is 1.32 bits per heavy atom. The molecule has 4 heteroatoms. The molecule has 0 bridgehead atoms. The summed E-state index contributed by atoms with van der Waals surface area (Å²) in [5, 5.41) is 0.655. The Bertz CT molecular complexity index is 426. The standard InChI is InChI=1S/C15H20ClNO2/c1-11(17(2)14-7-9-19-10-8-14)15(18)12-3-5-13(16)6-4-12/h3-6,11,14H,7-10H2,1-2H3. The highest BCUT2D eigenvalue weighted by Gasteiger charge is 2.26. The van der Waals surface area contributed by atoms with E-state index in [0.29, 0.717) is 11.1 Å². The molecule has 0 N–H and O–H groups in total. The Kier molecular flexibility index (Phi) is 4.97. The molecule has 104 valence electrons. The van der Waals surface area contributed by atoms with Crippen molar-refractivity contribution >= 4 is 17.4 Å². The molecule has 3 nitrogen and oxygen atoms in total. The zero-order valence-electron chi connectivity index (χ0n) is 11.4. The maximum Gasteiger partial charge on any atom is 0.179 e. The second-order valence-corrected chi connectivity index (χ2v) is 5.49. The van der Waals surface area contributed by atoms with Gasteiger partial charge in [-0.15, -0.1) is 0 Å². The van der Waals surface area contributed by atoms with E-state index in [4.69, 9.17) is 16.3 Å². The maximum atomic E-state index is 12.4. The van der Waals surface area contributed by atoms with Crippen molar-refractivity contribution in [3.63, 3.8) is 0 Å². The van der Waals surface area contributed by atoms with Gasteiger partial charge in [0.1, 0.15) is 0 Å². The molecule has 1 saturated heterocycles. The highest BCUT2D eigenvalue weighted by molar-refractivity contribution is 6.30. The van der Waals surface area contributed by atoms with Gasteiger partial charge in [0.15, 0.2) is 5.78 Å². The van der Waals surface area contributed by atoms with Gasteiger partial charge >= 0.3 is 0 Å². The summed E-state index contributed by atoms with van der Waals surface area (Å²) in [5.41, 5.74) is 0.718. The van der Waals surface area contributed by atoms with Crippen molar-refractivity contribution in [1.29, 1.82) is 0 Å². The van der Waals surface area contributed by atoms with Crippen molar-refractivity contribution in [3.8, 4) is 0 Å². The van der Waals surface area contributed by atoms with Crippen LogP contribution >= 0.6 is 11.6 Å². The van der Waals surface area contributed by atoms with Gasteiger partial charge in [0.05, 0.1) is 6.04 Å². The molecule has 1 aliphatic rings. The van der Waals surface area contributed by atoms with Gasteiger partial charge in [-0.3, -0.25) is 9.69 Å². The molecule has 0 aliphatic carbocycles. The molecule has 19 heavy (non-hydrogen) atoms. The average Bonchev–Trinajstić information content (AvgIpc) is 2.46. The van der Waals surface area contributed by atoms with Crippen molar-refractivity contribution in [2.75, 3.05) is 20.3 Å². The molecular formula is C15H20ClNO2. The van der Waals surface area contributed by atoms with Crippen LogP contribution in [0.3, 0.4) is 0 Å². The molecule has 1 unspecified atom stereocenters. The number of carbonyl (C=O) groups is 1. The maximum absolute atomic E-state index is 12.4. The number of nitrogens with zero attached hydrogens (tertiary/aromatic N) is 1. The number of ketones is 1. The van der Waals surface area contributed by atoms with E-state index in [1.165, 1.54) is 0 Å². The predicted molar refractivity (Wildman–Crippen MR) is 76.8 cm³/mol. The van der Waals surface area contributed by atoms with Crippen LogP contribution in [0.1, 0.15) is 30.1 Å². The van der Waals surface area contributed by atoms with E-state index in [1.807, 2.05) is 14.0 Å². The van der Waals surface area contributed by atoms with Crippen molar-refractivity contribution in [2.24, 2.45) is 0 Å². The van der Waals surface area contributed by atoms with Crippen LogP contribution in [0.4, 0.5) is 0 Å². The number of hydrogen-bond donors (Lipinski definition) is 0. The zero-order chi connectivity index (χ0) is 13.8. The molecule has 1 aromatic carbocycles. The van der Waals surface area contributed by atoms with Gasteiger partial charge in [0, 0.05) is 29.8 Å². The Morgan fingerprint density at radius 2 is 1.89 bits per heavy atom. The highest BCUT2D eigenvalue weighted by atomic mass is 35.5. The third-order valence-electron chi connectivity index (χ3n) is 3.89. The normalized spacial score (nSPS) is 18.5. The number of halogens is 1. The second-order valence-electron chi connectivity index (χ2n) is 5.06. The van der Waals surface area contributed by atoms with Crippen LogP contribution in [0.5, 0.6) is 0 Å². The average molecular weight is 282 g/mol. The summed E-state index contributed by atoms with van der Waals surface area (Å²) < 4.78 is 5.36. The van der Waals surface area contributed by atoms with Gasteiger partial charge < -0.3 is 4.74 Å². The Balaban J connectivity index is 2.03. The molecule has 2 rings (SSSR count). The largest absolute Gasteiger partial charge is 0.381 e. The molecule has 0 spiro atoms. The Morgan fingerprint density at radius 3 is 2.47 bits per heavy atom. The van der Waals surface area contributed by atoms with E-state index in [2.05, 4.69) is 4.90 Å². The van der Waals surface area contributed by atoms with Crippen LogP contribution in [0.15, 0.2) is 24.3 Å². The van der Waals surface area contributed by atoms with Crippen LogP contribution in [-0.4, -0.2) is 43.0 Å². The summed E-state index contributed by atoms with van der Waals surface area (Å²) in [4.78, 5) is 14.6. The van der Waals surface area contributed by atoms with Crippen molar-refractivity contribution in [1.82, 2.24) is 4.90 Å². The third kappa shape index (κ3) is 3.56. The zero-order valence-corrected chi connectivity index (χ0v) is 12.2. The third-order valence-corrected chi connectivity index (χ3v) is 4.14. The molecular weight excluding hydrogens is 262 g/mol. The number of ether oxygens (including phenoxy) is 1. The number of likely N-dealkylation sites (N-methyl/N-ethyl adjacent to an activating group) is 1. The van der Waals surface area contributed by atoms with E-state index in [9.17, 15) is 4.79 Å². The molecule has 1 aromatic rings. The van der Waals surface area contributed by atoms with E-state index in [-0.39, 0.29) is 11.8 Å². The van der Waals surface area contributed by atoms with Gasteiger partial charge in [-0.1, -0.05) is 11.6 Å². The molecule has 1 heterocycles. The van der Waals surface area contributed by atoms with Gasteiger partial charge in [0.25, 0.3) is 0 Å². The molecule has 0 amide bonds. The van der Waals surface area contributed by atoms with Crippen molar-refractivity contribution < 1.29 is 9.53 Å². The molecule has 0 saturated carbocycles. The van der Waals surface area contributed by atoms with Gasteiger partial charge in [-0.05, 0) is 51.1 Å². The highest BCUT2D eigenvalue weighted by Crippen LogP contribution is 2.18. The first-order valence-corrected chi connectivity index (χ1v) is 7.07. The summed E-state index contributed by atoms with van der Waals surface area (Å²) in [7, 11) is 2.02. The quantitative estimate of drug-likeness (QED) is 0.795. The summed E-state index contributed by atoms with van der Waals surface area (Å²) in [6, 6.07) is 7.41. The number of rotatable bonds is 4. The monoisotopic (exact) mass is 281 g/mol. The summed E-state index contributed by atoms with van der Waals surface area (Å²) in [6.45, 7) is 3.54. The Labute approximate surface area is 119 Å². The lowest BCUT2D eigenvalue weighted by atomic mass is 10.0. The molecule has 0 radical (unpaired) electrons. The number of benzene rings is 1. The molecule has 1 aliphatic heterocycles. The first-order valence-electron chi connectivity index (χ1n) is 6.69. The fourth-order valence-electron chi connectivity index (χ4n) is 2.45. The number of hydrogen-bond acceptors (Lipinski definition) is 3. The number of carbonyl (C=O) groups excluding carboxylic acids is 1. The minimum atomic E-state index is -0.121. The lowest BCUT2D eigenvalue weighted by molar-refractivity contribution is 0.0301. The molecule has 1 atom stereocenters. The minimum absolute atomic E-state index is 0.121. The van der Waals surface area contributed by atoms with Crippen LogP contribution in [0.2, 0.25) is 5.02 Å². The van der Waals surface area contributed by atoms with Gasteiger partial charge in [-0.25, -0.2) is 0 Å². The van der Waals surface area contributed by atoms with E-state index < -0.39 is 0 Å². The second kappa shape index (κ2) is 6.51. The predicted octanol–water partition coefficient (Wildman–Crippen LogP) is 3.02. The lowest BCUT2D eigenvalue weighted by Gasteiger charge is -2.34. The van der Waals surface area contributed by atoms with E-state index >= 15 is 0 Å². The van der Waals surface area contributed by atoms with Gasteiger partial charge in [-0.2, -0.15) is 0 Å². The van der Waals surface area contributed by atoms with Crippen molar-refractivity contribution in [2.45, 2.75) is 31.8 Å². The number of Topliss-reactive ketones (excluding diaryl/α,β-unsaturated/α-hetero) is 1. The van der Waals surface area contributed by atoms with Crippen LogP contribution in [-0.2, 0) is 4.74 Å². The van der Waals surface area contributed by atoms with Crippen LogP contribution in [0.25, 0.3) is 0 Å². The van der Waals surface area contributed by atoms with Crippen LogP contribution < -0.4 is 0 Å². The molecule has 1 fully saturated rings. The fourth-order valence-corrected chi connectivity index (χ4v) is 2.57. The van der Waals surface area contributed by atoms with E-state index in [0.717, 1.165) is 31.6 Å². The summed E-state index contributed by atoms with van der Waals surface area (Å²) >= 11 is 5.84. The first-order chi connectivity index (χ1) is 9.09.